The highest BCUT2D eigenvalue weighted by atomic mass is 32.1. The predicted octanol–water partition coefficient (Wildman–Crippen LogP) is 3.30. The third kappa shape index (κ3) is 3.31. The monoisotopic (exact) mass is 346 g/mol. The van der Waals surface area contributed by atoms with E-state index >= 15 is 0 Å². The molecule has 6 nitrogen and oxygen atoms in total. The first-order chi connectivity index (χ1) is 10.4. The van der Waals surface area contributed by atoms with Crippen LogP contribution in [0.3, 0.4) is 0 Å². The minimum atomic E-state index is -4.76. The van der Waals surface area contributed by atoms with Crippen LogP contribution in [0, 0.1) is 0 Å². The van der Waals surface area contributed by atoms with E-state index in [2.05, 4.69) is 24.6 Å². The second-order valence-corrected chi connectivity index (χ2v) is 5.58. The van der Waals surface area contributed by atoms with Crippen molar-refractivity contribution in [3.8, 4) is 5.75 Å². The molecule has 22 heavy (non-hydrogen) atoms. The zero-order valence-corrected chi connectivity index (χ0v) is 12.1. The number of carbonyl (C=O) groups is 1. The average Bonchev–Trinajstić information content (AvgIpc) is 3.04. The number of anilines is 1. The molecule has 0 aliphatic rings. The van der Waals surface area contributed by atoms with E-state index in [0.717, 1.165) is 28.9 Å². The van der Waals surface area contributed by atoms with Crippen LogP contribution in [-0.2, 0) is 0 Å². The van der Waals surface area contributed by atoms with Crippen molar-refractivity contribution in [2.45, 2.75) is 6.36 Å². The zero-order valence-electron chi connectivity index (χ0n) is 10.4. The maximum atomic E-state index is 12.2. The largest absolute Gasteiger partial charge is 0.573 e. The van der Waals surface area contributed by atoms with Crippen molar-refractivity contribution >= 4 is 44.1 Å². The fraction of sp³-hybridized carbons (Fsp3) is 0.0909. The Morgan fingerprint density at radius 2 is 2.14 bits per heavy atom. The lowest BCUT2D eigenvalue weighted by molar-refractivity contribution is -0.274. The number of nitrogens with one attached hydrogen (secondary N) is 1. The first kappa shape index (κ1) is 14.7. The molecule has 0 aliphatic heterocycles. The van der Waals surface area contributed by atoms with Crippen molar-refractivity contribution < 1.29 is 22.7 Å². The number of benzene rings is 1. The SMILES string of the molecule is O=C(Nc1nc2ccc(OC(F)(F)F)cc2s1)c1csnn1. The summed E-state index contributed by atoms with van der Waals surface area (Å²) in [6, 6.07) is 3.75. The minimum absolute atomic E-state index is 0.144. The van der Waals surface area contributed by atoms with Gasteiger partial charge in [0, 0.05) is 11.4 Å². The molecule has 3 aromatic rings. The second kappa shape index (κ2) is 5.50. The summed E-state index contributed by atoms with van der Waals surface area (Å²) in [6.45, 7) is 0. The highest BCUT2D eigenvalue weighted by Crippen LogP contribution is 2.31. The van der Waals surface area contributed by atoms with Gasteiger partial charge in [-0.2, -0.15) is 0 Å². The molecule has 0 bridgehead atoms. The number of alkyl halides is 3. The molecule has 114 valence electrons. The molecule has 1 N–H and O–H groups in total. The summed E-state index contributed by atoms with van der Waals surface area (Å²) >= 11 is 2.06. The molecule has 0 saturated carbocycles. The van der Waals surface area contributed by atoms with Crippen molar-refractivity contribution in [1.82, 2.24) is 14.6 Å². The molecule has 0 saturated heterocycles. The predicted molar refractivity (Wildman–Crippen MR) is 74.2 cm³/mol. The maximum Gasteiger partial charge on any atom is 0.573 e. The molecule has 0 radical (unpaired) electrons. The Morgan fingerprint density at radius 3 is 2.82 bits per heavy atom. The smallest absolute Gasteiger partial charge is 0.406 e. The third-order valence-corrected chi connectivity index (χ3v) is 3.84. The van der Waals surface area contributed by atoms with E-state index in [0.29, 0.717) is 10.2 Å². The molecule has 0 spiro atoms. The number of carbonyl (C=O) groups excluding carboxylic acids is 1. The van der Waals surface area contributed by atoms with Gasteiger partial charge in [0.05, 0.1) is 10.2 Å². The lowest BCUT2D eigenvalue weighted by Gasteiger charge is -2.07. The molecule has 1 aromatic carbocycles. The number of thiazole rings is 1. The lowest BCUT2D eigenvalue weighted by atomic mass is 10.3. The van der Waals surface area contributed by atoms with Crippen LogP contribution >= 0.6 is 22.9 Å². The average molecular weight is 346 g/mol. The number of halogens is 3. The number of fused-ring (bicyclic) bond motifs is 1. The molecule has 1 amide bonds. The zero-order chi connectivity index (χ0) is 15.7. The molecule has 0 aliphatic carbocycles. The van der Waals surface area contributed by atoms with Crippen molar-refractivity contribution in [3.05, 3.63) is 29.3 Å². The van der Waals surface area contributed by atoms with Gasteiger partial charge in [-0.25, -0.2) is 4.98 Å². The van der Waals surface area contributed by atoms with Gasteiger partial charge in [-0.05, 0) is 23.7 Å². The highest BCUT2D eigenvalue weighted by molar-refractivity contribution is 7.22. The second-order valence-electron chi connectivity index (χ2n) is 3.94. The Labute approximate surface area is 128 Å². The Morgan fingerprint density at radius 1 is 1.32 bits per heavy atom. The van der Waals surface area contributed by atoms with Gasteiger partial charge >= 0.3 is 6.36 Å². The van der Waals surface area contributed by atoms with Gasteiger partial charge in [-0.1, -0.05) is 15.8 Å². The van der Waals surface area contributed by atoms with Gasteiger partial charge in [-0.15, -0.1) is 18.3 Å². The molecule has 2 heterocycles. The van der Waals surface area contributed by atoms with Gasteiger partial charge in [0.2, 0.25) is 0 Å². The number of rotatable bonds is 3. The number of ether oxygens (including phenoxy) is 1. The van der Waals surface area contributed by atoms with Crippen LogP contribution < -0.4 is 10.1 Å². The molecule has 2 aromatic heterocycles. The van der Waals surface area contributed by atoms with Crippen LogP contribution in [0.4, 0.5) is 18.3 Å². The van der Waals surface area contributed by atoms with Crippen LogP contribution in [0.25, 0.3) is 10.2 Å². The topological polar surface area (TPSA) is 77.0 Å². The number of nitrogens with zero attached hydrogens (tertiary/aromatic N) is 3. The van der Waals surface area contributed by atoms with Crippen LogP contribution in [0.15, 0.2) is 23.6 Å². The van der Waals surface area contributed by atoms with E-state index in [1.165, 1.54) is 17.5 Å². The Hall–Kier alpha value is -2.27. The molecule has 0 atom stereocenters. The van der Waals surface area contributed by atoms with E-state index in [1.54, 1.807) is 0 Å². The standard InChI is InChI=1S/C11H5F3N4O2S2/c12-11(13,14)20-5-1-2-6-8(3-5)22-10(15-6)16-9(19)7-4-21-18-17-7/h1-4H,(H,15,16,19). The number of amides is 1. The quantitative estimate of drug-likeness (QED) is 0.787. The van der Waals surface area contributed by atoms with E-state index in [1.807, 2.05) is 0 Å². The normalized spacial score (nSPS) is 11.6. The van der Waals surface area contributed by atoms with Gasteiger partial charge in [0.25, 0.3) is 5.91 Å². The molecule has 0 fully saturated rings. The molecule has 0 unspecified atom stereocenters. The lowest BCUT2D eigenvalue weighted by Crippen LogP contribution is -2.16. The number of hydrogen-bond donors (Lipinski definition) is 1. The van der Waals surface area contributed by atoms with E-state index in [4.69, 9.17) is 0 Å². The van der Waals surface area contributed by atoms with Crippen LogP contribution in [-0.4, -0.2) is 26.8 Å². The summed E-state index contributed by atoms with van der Waals surface area (Å²) in [7, 11) is 0. The van der Waals surface area contributed by atoms with E-state index < -0.39 is 12.3 Å². The fourth-order valence-corrected chi connectivity index (χ4v) is 2.91. The highest BCUT2D eigenvalue weighted by Gasteiger charge is 2.31. The summed E-state index contributed by atoms with van der Waals surface area (Å²) in [4.78, 5) is 15.9. The Kier molecular flexibility index (Phi) is 3.66. The van der Waals surface area contributed by atoms with Crippen molar-refractivity contribution in [3.63, 3.8) is 0 Å². The van der Waals surface area contributed by atoms with Crippen LogP contribution in [0.1, 0.15) is 10.5 Å². The maximum absolute atomic E-state index is 12.2. The molecule has 3 rings (SSSR count). The first-order valence-corrected chi connectivity index (χ1v) is 7.31. The van der Waals surface area contributed by atoms with Crippen LogP contribution in [0.5, 0.6) is 5.75 Å². The van der Waals surface area contributed by atoms with Crippen LogP contribution in [0.2, 0.25) is 0 Å². The molecular weight excluding hydrogens is 341 g/mol. The Balaban J connectivity index is 1.82. The first-order valence-electron chi connectivity index (χ1n) is 5.65. The van der Waals surface area contributed by atoms with E-state index in [9.17, 15) is 18.0 Å². The van der Waals surface area contributed by atoms with Gasteiger partial charge in [0.1, 0.15) is 5.75 Å². The summed E-state index contributed by atoms with van der Waals surface area (Å²) in [5, 5.41) is 7.84. The van der Waals surface area contributed by atoms with Gasteiger partial charge in [-0.3, -0.25) is 10.1 Å². The molecule has 11 heteroatoms. The molecular formula is C11H5F3N4O2S2. The van der Waals surface area contributed by atoms with E-state index in [-0.39, 0.29) is 16.6 Å². The number of aromatic nitrogens is 3. The third-order valence-electron chi connectivity index (χ3n) is 2.41. The fourth-order valence-electron chi connectivity index (χ4n) is 1.58. The number of hydrogen-bond acceptors (Lipinski definition) is 7. The van der Waals surface area contributed by atoms with Crippen molar-refractivity contribution in [1.29, 1.82) is 0 Å². The van der Waals surface area contributed by atoms with Crippen molar-refractivity contribution in [2.24, 2.45) is 0 Å². The summed E-state index contributed by atoms with van der Waals surface area (Å²) in [5.74, 6) is -0.829. The summed E-state index contributed by atoms with van der Waals surface area (Å²) in [6.07, 6.45) is -4.76. The minimum Gasteiger partial charge on any atom is -0.406 e. The summed E-state index contributed by atoms with van der Waals surface area (Å²) in [5.41, 5.74) is 0.594. The van der Waals surface area contributed by atoms with Gasteiger partial charge < -0.3 is 4.74 Å². The Bertz CT molecular complexity index is 816. The van der Waals surface area contributed by atoms with Crippen molar-refractivity contribution in [2.75, 3.05) is 5.32 Å². The summed E-state index contributed by atoms with van der Waals surface area (Å²) < 4.78 is 44.4. The van der Waals surface area contributed by atoms with Gasteiger partial charge in [0.15, 0.2) is 10.8 Å².